The quantitative estimate of drug-likeness (QED) is 0.346. The van der Waals surface area contributed by atoms with Crippen molar-refractivity contribution >= 4 is 5.97 Å². The summed E-state index contributed by atoms with van der Waals surface area (Å²) in [6.07, 6.45) is 12.3. The van der Waals surface area contributed by atoms with Crippen LogP contribution in [0.1, 0.15) is 91.9 Å². The number of carbonyl (C=O) groups excluding carboxylic acids is 1. The van der Waals surface area contributed by atoms with Crippen molar-refractivity contribution in [2.24, 2.45) is 5.92 Å². The van der Waals surface area contributed by atoms with E-state index in [0.29, 0.717) is 0 Å². The largest absolute Gasteiger partial charge is 0.463 e. The van der Waals surface area contributed by atoms with Crippen molar-refractivity contribution in [3.63, 3.8) is 0 Å². The molecule has 0 fully saturated rings. The van der Waals surface area contributed by atoms with Crippen LogP contribution >= 0.6 is 0 Å². The van der Waals surface area contributed by atoms with E-state index in [-0.39, 0.29) is 12.1 Å². The van der Waals surface area contributed by atoms with Crippen molar-refractivity contribution in [1.29, 1.82) is 0 Å². The highest BCUT2D eigenvalue weighted by atomic mass is 16.5. The summed E-state index contributed by atoms with van der Waals surface area (Å²) in [7, 11) is 0. The minimum Gasteiger partial charge on any atom is -0.463 e. The maximum atomic E-state index is 11.1. The first-order valence-electron chi connectivity index (χ1n) is 8.27. The van der Waals surface area contributed by atoms with Crippen LogP contribution in [0.25, 0.3) is 0 Å². The van der Waals surface area contributed by atoms with E-state index in [1.165, 1.54) is 58.3 Å². The number of unbranched alkanes of at least 4 members (excludes halogenated alkanes) is 4. The van der Waals surface area contributed by atoms with Gasteiger partial charge in [-0.1, -0.05) is 59.3 Å². The molecule has 0 aliphatic carbocycles. The topological polar surface area (TPSA) is 26.3 Å². The van der Waals surface area contributed by atoms with Crippen LogP contribution in [0.4, 0.5) is 0 Å². The molecule has 0 aromatic rings. The second kappa shape index (κ2) is 12.5. The van der Waals surface area contributed by atoms with Gasteiger partial charge in [0.2, 0.25) is 0 Å². The number of esters is 1. The average Bonchev–Trinajstić information content (AvgIpc) is 2.35. The molecule has 2 unspecified atom stereocenters. The Hall–Kier alpha value is -0.530. The van der Waals surface area contributed by atoms with Gasteiger partial charge in [0, 0.05) is 6.92 Å². The van der Waals surface area contributed by atoms with E-state index >= 15 is 0 Å². The van der Waals surface area contributed by atoms with Gasteiger partial charge in [-0.25, -0.2) is 0 Å². The van der Waals surface area contributed by atoms with Gasteiger partial charge in [-0.15, -0.1) is 0 Å². The summed E-state index contributed by atoms with van der Waals surface area (Å²) in [5, 5.41) is 0. The molecule has 2 atom stereocenters. The maximum absolute atomic E-state index is 11.1. The zero-order valence-corrected chi connectivity index (χ0v) is 13.5. The van der Waals surface area contributed by atoms with Crippen LogP contribution in [0.3, 0.4) is 0 Å². The van der Waals surface area contributed by atoms with Gasteiger partial charge >= 0.3 is 5.97 Å². The SMILES string of the molecule is CCCCCCCC(CCC(C)CCC)OC(C)=O. The summed E-state index contributed by atoms with van der Waals surface area (Å²) in [4.78, 5) is 11.1. The van der Waals surface area contributed by atoms with Gasteiger partial charge in [0.25, 0.3) is 0 Å². The predicted molar refractivity (Wildman–Crippen MR) is 82.2 cm³/mol. The normalized spacial score (nSPS) is 14.1. The lowest BCUT2D eigenvalue weighted by molar-refractivity contribution is -0.147. The van der Waals surface area contributed by atoms with Crippen LogP contribution in [0.5, 0.6) is 0 Å². The van der Waals surface area contributed by atoms with Gasteiger partial charge in [-0.2, -0.15) is 0 Å². The first-order chi connectivity index (χ1) is 9.10. The summed E-state index contributed by atoms with van der Waals surface area (Å²) in [5.74, 6) is 0.629. The molecule has 0 radical (unpaired) electrons. The molecule has 19 heavy (non-hydrogen) atoms. The zero-order chi connectivity index (χ0) is 14.5. The van der Waals surface area contributed by atoms with Crippen LogP contribution in [-0.4, -0.2) is 12.1 Å². The Balaban J connectivity index is 3.84. The number of rotatable bonds is 12. The molecule has 0 rings (SSSR count). The lowest BCUT2D eigenvalue weighted by Gasteiger charge is -2.19. The Labute approximate surface area is 120 Å². The summed E-state index contributed by atoms with van der Waals surface area (Å²) < 4.78 is 5.45. The van der Waals surface area contributed by atoms with E-state index in [1.54, 1.807) is 0 Å². The Morgan fingerprint density at radius 3 is 2.16 bits per heavy atom. The molecule has 0 aromatic carbocycles. The standard InChI is InChI=1S/C17H34O2/c1-5-7-8-9-10-12-17(19-16(4)18)14-13-15(3)11-6-2/h15,17H,5-14H2,1-4H3. The second-order valence-electron chi connectivity index (χ2n) is 5.91. The third kappa shape index (κ3) is 12.3. The van der Waals surface area contributed by atoms with Crippen molar-refractivity contribution in [3.8, 4) is 0 Å². The fourth-order valence-electron chi connectivity index (χ4n) is 2.58. The average molecular weight is 270 g/mol. The van der Waals surface area contributed by atoms with Crippen LogP contribution in [-0.2, 0) is 9.53 Å². The van der Waals surface area contributed by atoms with Gasteiger partial charge in [-0.05, 0) is 31.6 Å². The maximum Gasteiger partial charge on any atom is 0.302 e. The minimum absolute atomic E-state index is 0.123. The number of ether oxygens (including phenoxy) is 1. The van der Waals surface area contributed by atoms with E-state index in [2.05, 4.69) is 20.8 Å². The van der Waals surface area contributed by atoms with Crippen LogP contribution in [0.2, 0.25) is 0 Å². The molecule has 0 spiro atoms. The predicted octanol–water partition coefficient (Wildman–Crippen LogP) is 5.50. The second-order valence-corrected chi connectivity index (χ2v) is 5.91. The molecule has 0 N–H and O–H groups in total. The van der Waals surface area contributed by atoms with Crippen molar-refractivity contribution < 1.29 is 9.53 Å². The van der Waals surface area contributed by atoms with E-state index in [4.69, 9.17) is 4.74 Å². The fraction of sp³-hybridized carbons (Fsp3) is 0.941. The molecule has 0 heterocycles. The van der Waals surface area contributed by atoms with E-state index in [9.17, 15) is 4.79 Å². The Kier molecular flexibility index (Phi) is 12.2. The highest BCUT2D eigenvalue weighted by molar-refractivity contribution is 5.66. The molecule has 0 aliphatic rings. The highest BCUT2D eigenvalue weighted by Crippen LogP contribution is 2.19. The van der Waals surface area contributed by atoms with Gasteiger partial charge in [0.15, 0.2) is 0 Å². The molecule has 0 saturated carbocycles. The summed E-state index contributed by atoms with van der Waals surface area (Å²) in [6, 6.07) is 0. The molecular weight excluding hydrogens is 236 g/mol. The third-order valence-corrected chi connectivity index (χ3v) is 3.73. The molecule has 0 bridgehead atoms. The van der Waals surface area contributed by atoms with Gasteiger partial charge < -0.3 is 4.74 Å². The van der Waals surface area contributed by atoms with Crippen molar-refractivity contribution in [1.82, 2.24) is 0 Å². The number of hydrogen-bond acceptors (Lipinski definition) is 2. The van der Waals surface area contributed by atoms with Crippen LogP contribution in [0, 0.1) is 5.92 Å². The smallest absolute Gasteiger partial charge is 0.302 e. The fourth-order valence-corrected chi connectivity index (χ4v) is 2.58. The van der Waals surface area contributed by atoms with Crippen LogP contribution < -0.4 is 0 Å². The summed E-state index contributed by atoms with van der Waals surface area (Å²) in [5.41, 5.74) is 0. The van der Waals surface area contributed by atoms with E-state index < -0.39 is 0 Å². The van der Waals surface area contributed by atoms with Gasteiger partial charge in [-0.3, -0.25) is 4.79 Å². The van der Waals surface area contributed by atoms with Crippen molar-refractivity contribution in [2.75, 3.05) is 0 Å². The van der Waals surface area contributed by atoms with E-state index in [0.717, 1.165) is 18.8 Å². The highest BCUT2D eigenvalue weighted by Gasteiger charge is 2.13. The molecular formula is C17H34O2. The summed E-state index contributed by atoms with van der Waals surface area (Å²) in [6.45, 7) is 8.29. The zero-order valence-electron chi connectivity index (χ0n) is 13.5. The lowest BCUT2D eigenvalue weighted by Crippen LogP contribution is -2.17. The van der Waals surface area contributed by atoms with Gasteiger partial charge in [0.1, 0.15) is 6.10 Å². The van der Waals surface area contributed by atoms with Crippen molar-refractivity contribution in [2.45, 2.75) is 98.0 Å². The molecule has 0 amide bonds. The molecule has 0 saturated heterocycles. The minimum atomic E-state index is -0.123. The van der Waals surface area contributed by atoms with Gasteiger partial charge in [0.05, 0.1) is 0 Å². The Morgan fingerprint density at radius 2 is 1.58 bits per heavy atom. The number of carbonyl (C=O) groups is 1. The molecule has 2 nitrogen and oxygen atoms in total. The lowest BCUT2D eigenvalue weighted by atomic mass is 9.96. The molecule has 114 valence electrons. The van der Waals surface area contributed by atoms with Crippen LogP contribution in [0.15, 0.2) is 0 Å². The molecule has 0 aromatic heterocycles. The first kappa shape index (κ1) is 18.5. The molecule has 2 heteroatoms. The Bertz CT molecular complexity index is 213. The molecule has 0 aliphatic heterocycles. The monoisotopic (exact) mass is 270 g/mol. The van der Waals surface area contributed by atoms with Crippen molar-refractivity contribution in [3.05, 3.63) is 0 Å². The number of hydrogen-bond donors (Lipinski definition) is 0. The summed E-state index contributed by atoms with van der Waals surface area (Å²) >= 11 is 0. The van der Waals surface area contributed by atoms with E-state index in [1.807, 2.05) is 0 Å². The third-order valence-electron chi connectivity index (χ3n) is 3.73. The first-order valence-corrected chi connectivity index (χ1v) is 8.27. The Morgan fingerprint density at radius 1 is 0.895 bits per heavy atom.